The van der Waals surface area contributed by atoms with Crippen LogP contribution in [0.5, 0.6) is 0 Å². The summed E-state index contributed by atoms with van der Waals surface area (Å²) in [5.41, 5.74) is 0. The summed E-state index contributed by atoms with van der Waals surface area (Å²) in [5.74, 6) is 0. The Bertz CT molecular complexity index is 116. The normalized spacial score (nSPS) is 15.0. The van der Waals surface area contributed by atoms with E-state index in [0.29, 0.717) is 11.8 Å². The van der Waals surface area contributed by atoms with Crippen molar-refractivity contribution in [3.8, 4) is 0 Å². The van der Waals surface area contributed by atoms with Crippen LogP contribution < -0.4 is 0 Å². The quantitative estimate of drug-likeness (QED) is 0.461. The van der Waals surface area contributed by atoms with Crippen molar-refractivity contribution in [1.82, 2.24) is 0 Å². The number of ether oxygens (including phenoxy) is 1. The van der Waals surface area contributed by atoms with E-state index in [9.17, 15) is 4.39 Å². The van der Waals surface area contributed by atoms with Gasteiger partial charge in [-0.25, -0.2) is 9.38 Å². The molecular weight excluding hydrogens is 153 g/mol. The molecule has 1 atom stereocenters. The van der Waals surface area contributed by atoms with E-state index in [1.165, 1.54) is 18.7 Å². The average molecular weight is 165 g/mol. The molecule has 4 heteroatoms. The average Bonchev–Trinajstić information content (AvgIpc) is 1.86. The molecule has 0 rings (SSSR count). The third kappa shape index (κ3) is 4.61. The number of alkyl halides is 1. The number of halogens is 1. The van der Waals surface area contributed by atoms with Crippen molar-refractivity contribution in [1.29, 1.82) is 0 Å². The minimum absolute atomic E-state index is 0.414. The summed E-state index contributed by atoms with van der Waals surface area (Å²) in [5, 5.41) is 0.414. The second-order valence-electron chi connectivity index (χ2n) is 1.61. The van der Waals surface area contributed by atoms with Crippen LogP contribution in [0.4, 0.5) is 4.39 Å². The van der Waals surface area contributed by atoms with Crippen LogP contribution in [-0.2, 0) is 4.74 Å². The van der Waals surface area contributed by atoms with Gasteiger partial charge in [0.15, 0.2) is 0 Å². The Labute approximate surface area is 64.9 Å². The Kier molecular flexibility index (Phi) is 5.39. The van der Waals surface area contributed by atoms with Crippen molar-refractivity contribution in [2.24, 2.45) is 4.99 Å². The standard InChI is InChI=1S/C6H12FNOS/c1-4-8-6(10-3)9-5(2)7/h5H,4H2,1-3H3. The van der Waals surface area contributed by atoms with E-state index >= 15 is 0 Å². The lowest BCUT2D eigenvalue weighted by molar-refractivity contribution is 0.0786. The van der Waals surface area contributed by atoms with Crippen LogP contribution >= 0.6 is 11.8 Å². The van der Waals surface area contributed by atoms with Crippen molar-refractivity contribution >= 4 is 17.0 Å². The van der Waals surface area contributed by atoms with Crippen LogP contribution in [0.25, 0.3) is 0 Å². The highest BCUT2D eigenvalue weighted by molar-refractivity contribution is 8.12. The molecular formula is C6H12FNOS. The summed E-state index contributed by atoms with van der Waals surface area (Å²) in [6.07, 6.45) is 0.536. The molecule has 0 fully saturated rings. The van der Waals surface area contributed by atoms with Gasteiger partial charge in [-0.15, -0.1) is 0 Å². The lowest BCUT2D eigenvalue weighted by Gasteiger charge is -2.05. The Morgan fingerprint density at radius 1 is 1.80 bits per heavy atom. The molecule has 2 nitrogen and oxygen atoms in total. The molecule has 0 heterocycles. The van der Waals surface area contributed by atoms with Gasteiger partial charge in [-0.2, -0.15) is 0 Å². The molecule has 0 aromatic heterocycles. The van der Waals surface area contributed by atoms with Gasteiger partial charge in [0, 0.05) is 13.5 Å². The maximum absolute atomic E-state index is 12.1. The summed E-state index contributed by atoms with van der Waals surface area (Å²) in [6, 6.07) is 0. The molecule has 0 spiro atoms. The fourth-order valence-electron chi connectivity index (χ4n) is 0.418. The molecule has 0 saturated heterocycles. The van der Waals surface area contributed by atoms with Gasteiger partial charge in [-0.05, 0) is 13.2 Å². The zero-order valence-electron chi connectivity index (χ0n) is 6.43. The summed E-state index contributed by atoms with van der Waals surface area (Å²) >= 11 is 1.31. The number of hydrogen-bond donors (Lipinski definition) is 0. The van der Waals surface area contributed by atoms with Crippen molar-refractivity contribution in [2.45, 2.75) is 20.2 Å². The van der Waals surface area contributed by atoms with Gasteiger partial charge in [0.25, 0.3) is 0 Å². The van der Waals surface area contributed by atoms with Gasteiger partial charge in [0.1, 0.15) is 0 Å². The molecule has 0 aliphatic heterocycles. The first kappa shape index (κ1) is 9.75. The number of nitrogens with zero attached hydrogens (tertiary/aromatic N) is 1. The minimum Gasteiger partial charge on any atom is -0.439 e. The predicted octanol–water partition coefficient (Wildman–Crippen LogP) is 2.06. The number of rotatable bonds is 2. The zero-order valence-corrected chi connectivity index (χ0v) is 7.24. The molecule has 0 saturated carbocycles. The molecule has 0 amide bonds. The lowest BCUT2D eigenvalue weighted by atomic mass is 10.8. The molecule has 0 N–H and O–H groups in total. The SMILES string of the molecule is CCN=C(OC(C)F)SC. The number of aliphatic imine (C=N–C) groups is 1. The molecule has 0 aromatic carbocycles. The first-order valence-electron chi connectivity index (χ1n) is 3.09. The second kappa shape index (κ2) is 5.53. The largest absolute Gasteiger partial charge is 0.439 e. The number of hydrogen-bond acceptors (Lipinski definition) is 3. The highest BCUT2D eigenvalue weighted by atomic mass is 32.2. The third-order valence-electron chi connectivity index (χ3n) is 0.725. The maximum Gasteiger partial charge on any atom is 0.248 e. The van der Waals surface area contributed by atoms with E-state index in [2.05, 4.69) is 9.73 Å². The lowest BCUT2D eigenvalue weighted by Crippen LogP contribution is -2.06. The van der Waals surface area contributed by atoms with Gasteiger partial charge >= 0.3 is 0 Å². The van der Waals surface area contributed by atoms with E-state index in [-0.39, 0.29) is 0 Å². The molecule has 0 radical (unpaired) electrons. The van der Waals surface area contributed by atoms with Gasteiger partial charge in [-0.1, -0.05) is 11.8 Å². The Balaban J connectivity index is 3.71. The van der Waals surface area contributed by atoms with Crippen molar-refractivity contribution < 1.29 is 9.13 Å². The van der Waals surface area contributed by atoms with Crippen LogP contribution in [-0.4, -0.2) is 24.4 Å². The third-order valence-corrected chi connectivity index (χ3v) is 1.30. The summed E-state index contributed by atoms with van der Waals surface area (Å²) in [4.78, 5) is 3.90. The van der Waals surface area contributed by atoms with E-state index in [1.54, 1.807) is 6.26 Å². The van der Waals surface area contributed by atoms with Gasteiger partial charge in [0.05, 0.1) is 0 Å². The molecule has 0 aliphatic carbocycles. The zero-order chi connectivity index (χ0) is 7.98. The first-order chi connectivity index (χ1) is 4.70. The van der Waals surface area contributed by atoms with Crippen molar-refractivity contribution in [3.05, 3.63) is 0 Å². The Morgan fingerprint density at radius 2 is 2.40 bits per heavy atom. The smallest absolute Gasteiger partial charge is 0.248 e. The summed E-state index contributed by atoms with van der Waals surface area (Å²) < 4.78 is 16.8. The molecule has 0 aliphatic rings. The monoisotopic (exact) mass is 165 g/mol. The first-order valence-corrected chi connectivity index (χ1v) is 4.32. The van der Waals surface area contributed by atoms with Crippen LogP contribution in [0, 0.1) is 0 Å². The molecule has 0 bridgehead atoms. The van der Waals surface area contributed by atoms with Crippen molar-refractivity contribution in [3.63, 3.8) is 0 Å². The highest BCUT2D eigenvalue weighted by Gasteiger charge is 2.01. The van der Waals surface area contributed by atoms with E-state index < -0.39 is 6.36 Å². The molecule has 1 unspecified atom stereocenters. The maximum atomic E-state index is 12.1. The fourth-order valence-corrected chi connectivity index (χ4v) is 0.905. The number of thioether (sulfide) groups is 1. The van der Waals surface area contributed by atoms with Crippen LogP contribution in [0.1, 0.15) is 13.8 Å². The summed E-state index contributed by atoms with van der Waals surface area (Å²) in [6.45, 7) is 3.84. The van der Waals surface area contributed by atoms with Crippen molar-refractivity contribution in [2.75, 3.05) is 12.8 Å². The predicted molar refractivity (Wildman–Crippen MR) is 43.1 cm³/mol. The fraction of sp³-hybridized carbons (Fsp3) is 0.833. The second-order valence-corrected chi connectivity index (χ2v) is 2.36. The van der Waals surface area contributed by atoms with Crippen LogP contribution in [0.3, 0.4) is 0 Å². The van der Waals surface area contributed by atoms with Gasteiger partial charge in [-0.3, -0.25) is 0 Å². The Hall–Kier alpha value is -0.250. The van der Waals surface area contributed by atoms with E-state index in [4.69, 9.17) is 0 Å². The summed E-state index contributed by atoms with van der Waals surface area (Å²) in [7, 11) is 0. The van der Waals surface area contributed by atoms with Crippen LogP contribution in [0.2, 0.25) is 0 Å². The van der Waals surface area contributed by atoms with E-state index in [0.717, 1.165) is 0 Å². The van der Waals surface area contributed by atoms with Gasteiger partial charge < -0.3 is 4.74 Å². The molecule has 60 valence electrons. The van der Waals surface area contributed by atoms with Gasteiger partial charge in [0.2, 0.25) is 11.6 Å². The Morgan fingerprint density at radius 3 is 2.70 bits per heavy atom. The highest BCUT2D eigenvalue weighted by Crippen LogP contribution is 2.04. The molecule has 0 aromatic rings. The molecule has 10 heavy (non-hydrogen) atoms. The van der Waals surface area contributed by atoms with E-state index in [1.807, 2.05) is 6.92 Å². The minimum atomic E-state index is -1.27. The topological polar surface area (TPSA) is 21.6 Å². The van der Waals surface area contributed by atoms with Crippen LogP contribution in [0.15, 0.2) is 4.99 Å².